The van der Waals surface area contributed by atoms with Crippen molar-refractivity contribution in [2.75, 3.05) is 18.4 Å². The van der Waals surface area contributed by atoms with E-state index < -0.39 is 0 Å². The first-order chi connectivity index (χ1) is 14.8. The molecule has 0 radical (unpaired) electrons. The van der Waals surface area contributed by atoms with E-state index in [-0.39, 0.29) is 6.04 Å². The summed E-state index contributed by atoms with van der Waals surface area (Å²) in [5.41, 5.74) is 1.65. The number of aldehydes is 1. The van der Waals surface area contributed by atoms with Crippen LogP contribution in [0.2, 0.25) is 0 Å². The summed E-state index contributed by atoms with van der Waals surface area (Å²) in [6, 6.07) is 6.70. The van der Waals surface area contributed by atoms with E-state index >= 15 is 0 Å². The molecule has 156 valence electrons. The van der Waals surface area contributed by atoms with Crippen molar-refractivity contribution in [2.24, 2.45) is 0 Å². The number of hydrogen-bond acceptors (Lipinski definition) is 7. The fourth-order valence-corrected chi connectivity index (χ4v) is 4.52. The summed E-state index contributed by atoms with van der Waals surface area (Å²) in [5, 5.41) is 21.7. The lowest BCUT2D eigenvalue weighted by Crippen LogP contribution is -2.31. The Morgan fingerprint density at radius 3 is 2.67 bits per heavy atom. The highest BCUT2D eigenvalue weighted by Gasteiger charge is 2.24. The number of allylic oxidation sites excluding steroid dienone is 1. The lowest BCUT2D eigenvalue weighted by molar-refractivity contribution is -0.104. The van der Waals surface area contributed by atoms with Crippen molar-refractivity contribution in [1.29, 1.82) is 0 Å². The number of nitrogens with one attached hydrogen (secondary N) is 1. The fourth-order valence-electron chi connectivity index (χ4n) is 4.52. The molecule has 9 heteroatoms. The Morgan fingerprint density at radius 2 is 1.87 bits per heavy atom. The SMILES string of the molecule is O=CC=CN1CCC(n2nccc2-c2nnc3ccc(NC4CCCC4)nn23)CC1. The van der Waals surface area contributed by atoms with Crippen molar-refractivity contribution in [3.8, 4) is 11.5 Å². The van der Waals surface area contributed by atoms with Crippen molar-refractivity contribution in [1.82, 2.24) is 34.5 Å². The first-order valence-electron chi connectivity index (χ1n) is 10.7. The minimum absolute atomic E-state index is 0.281. The number of piperidine rings is 1. The zero-order chi connectivity index (χ0) is 20.3. The molecule has 0 unspecified atom stereocenters. The summed E-state index contributed by atoms with van der Waals surface area (Å²) >= 11 is 0. The van der Waals surface area contributed by atoms with E-state index in [4.69, 9.17) is 5.10 Å². The summed E-state index contributed by atoms with van der Waals surface area (Å²) in [4.78, 5) is 12.7. The highest BCUT2D eigenvalue weighted by Crippen LogP contribution is 2.28. The van der Waals surface area contributed by atoms with Crippen LogP contribution in [0.1, 0.15) is 44.6 Å². The molecule has 0 amide bonds. The highest BCUT2D eigenvalue weighted by molar-refractivity contribution is 5.64. The molecule has 9 nitrogen and oxygen atoms in total. The molecule has 4 heterocycles. The van der Waals surface area contributed by atoms with Gasteiger partial charge in [0.15, 0.2) is 5.65 Å². The Morgan fingerprint density at radius 1 is 1.03 bits per heavy atom. The third kappa shape index (κ3) is 3.67. The van der Waals surface area contributed by atoms with Crippen LogP contribution in [-0.4, -0.2) is 59.9 Å². The average molecular weight is 406 g/mol. The second-order valence-corrected chi connectivity index (χ2v) is 8.04. The number of rotatable bonds is 6. The van der Waals surface area contributed by atoms with Gasteiger partial charge in [-0.2, -0.15) is 9.61 Å². The van der Waals surface area contributed by atoms with Crippen LogP contribution >= 0.6 is 0 Å². The van der Waals surface area contributed by atoms with Crippen molar-refractivity contribution >= 4 is 17.8 Å². The maximum Gasteiger partial charge on any atom is 0.203 e. The number of carbonyl (C=O) groups excluding carboxylic acids is 1. The van der Waals surface area contributed by atoms with E-state index in [1.165, 1.54) is 25.7 Å². The van der Waals surface area contributed by atoms with Crippen LogP contribution in [0.15, 0.2) is 36.7 Å². The van der Waals surface area contributed by atoms with Gasteiger partial charge < -0.3 is 10.2 Å². The Kier molecular flexibility index (Phi) is 5.17. The molecule has 0 bridgehead atoms. The molecule has 1 saturated carbocycles. The van der Waals surface area contributed by atoms with Crippen molar-refractivity contribution in [3.05, 3.63) is 36.7 Å². The van der Waals surface area contributed by atoms with Gasteiger partial charge in [0.2, 0.25) is 5.82 Å². The van der Waals surface area contributed by atoms with Crippen LogP contribution in [0.3, 0.4) is 0 Å². The minimum Gasteiger partial charge on any atom is -0.377 e. The molecule has 0 spiro atoms. The number of fused-ring (bicyclic) bond motifs is 1. The predicted octanol–water partition coefficient (Wildman–Crippen LogP) is 2.69. The van der Waals surface area contributed by atoms with E-state index in [1.54, 1.807) is 6.08 Å². The van der Waals surface area contributed by atoms with Crippen molar-refractivity contribution in [2.45, 2.75) is 50.6 Å². The molecule has 1 aliphatic heterocycles. The molecule has 2 aliphatic rings. The monoisotopic (exact) mass is 406 g/mol. The molecular formula is C21H26N8O. The molecule has 2 fully saturated rings. The summed E-state index contributed by atoms with van der Waals surface area (Å²) in [5.74, 6) is 1.57. The van der Waals surface area contributed by atoms with Gasteiger partial charge >= 0.3 is 0 Å². The van der Waals surface area contributed by atoms with E-state index in [1.807, 2.05) is 35.1 Å². The highest BCUT2D eigenvalue weighted by atomic mass is 16.1. The first-order valence-corrected chi connectivity index (χ1v) is 10.7. The number of nitrogens with zero attached hydrogens (tertiary/aromatic N) is 7. The third-order valence-electron chi connectivity index (χ3n) is 6.09. The van der Waals surface area contributed by atoms with Crippen LogP contribution in [-0.2, 0) is 4.79 Å². The van der Waals surface area contributed by atoms with E-state index in [9.17, 15) is 4.79 Å². The normalized spacial score (nSPS) is 18.6. The number of aromatic nitrogens is 6. The summed E-state index contributed by atoms with van der Waals surface area (Å²) in [7, 11) is 0. The van der Waals surface area contributed by atoms with E-state index in [2.05, 4.69) is 30.2 Å². The average Bonchev–Trinajstić information content (AvgIpc) is 3.53. The lowest BCUT2D eigenvalue weighted by Gasteiger charge is -2.31. The summed E-state index contributed by atoms with van der Waals surface area (Å²) < 4.78 is 3.86. The molecule has 3 aromatic rings. The predicted molar refractivity (Wildman–Crippen MR) is 113 cm³/mol. The maximum absolute atomic E-state index is 10.5. The van der Waals surface area contributed by atoms with Crippen LogP contribution in [0.4, 0.5) is 5.82 Å². The van der Waals surface area contributed by atoms with Gasteiger partial charge in [0, 0.05) is 31.5 Å². The van der Waals surface area contributed by atoms with Gasteiger partial charge in [-0.25, -0.2) is 0 Å². The zero-order valence-corrected chi connectivity index (χ0v) is 16.9. The molecule has 1 aliphatic carbocycles. The Balaban J connectivity index is 1.39. The third-order valence-corrected chi connectivity index (χ3v) is 6.09. The van der Waals surface area contributed by atoms with Crippen LogP contribution < -0.4 is 5.32 Å². The minimum atomic E-state index is 0.281. The first kappa shape index (κ1) is 18.8. The van der Waals surface area contributed by atoms with E-state index in [0.717, 1.165) is 49.4 Å². The molecule has 0 atom stereocenters. The molecule has 30 heavy (non-hydrogen) atoms. The molecular weight excluding hydrogens is 380 g/mol. The van der Waals surface area contributed by atoms with Gasteiger partial charge in [-0.1, -0.05) is 12.8 Å². The summed E-state index contributed by atoms with van der Waals surface area (Å²) in [6.45, 7) is 1.78. The molecule has 1 saturated heterocycles. The molecule has 0 aromatic carbocycles. The number of anilines is 1. The fraction of sp³-hybridized carbons (Fsp3) is 0.476. The van der Waals surface area contributed by atoms with Gasteiger partial charge in [-0.15, -0.1) is 15.3 Å². The van der Waals surface area contributed by atoms with Crippen molar-refractivity contribution < 1.29 is 4.79 Å². The smallest absolute Gasteiger partial charge is 0.203 e. The number of likely N-dealkylation sites (tertiary alicyclic amines) is 1. The molecule has 1 N–H and O–H groups in total. The van der Waals surface area contributed by atoms with E-state index in [0.29, 0.717) is 11.9 Å². The van der Waals surface area contributed by atoms with Gasteiger partial charge in [-0.05, 0) is 50.0 Å². The molecule has 3 aromatic heterocycles. The standard InChI is InChI=1S/C21H26N8O/c30-15-3-12-27-13-9-17(10-14-27)28-18(8-11-22-28)21-25-24-20-7-6-19(26-29(20)21)23-16-4-1-2-5-16/h3,6-8,11-12,15-17H,1-2,4-5,9-10,13-14H2,(H,23,26). The Bertz CT molecular complexity index is 1040. The number of hydrogen-bond donors (Lipinski definition) is 1. The van der Waals surface area contributed by atoms with Crippen LogP contribution in [0.25, 0.3) is 17.2 Å². The Labute approximate surface area is 174 Å². The van der Waals surface area contributed by atoms with Gasteiger partial charge in [0.25, 0.3) is 0 Å². The second-order valence-electron chi connectivity index (χ2n) is 8.04. The van der Waals surface area contributed by atoms with Gasteiger partial charge in [0.05, 0.1) is 6.04 Å². The van der Waals surface area contributed by atoms with Crippen molar-refractivity contribution in [3.63, 3.8) is 0 Å². The lowest BCUT2D eigenvalue weighted by atomic mass is 10.1. The zero-order valence-electron chi connectivity index (χ0n) is 16.9. The molecule has 5 rings (SSSR count). The largest absolute Gasteiger partial charge is 0.377 e. The summed E-state index contributed by atoms with van der Waals surface area (Å²) in [6.07, 6.45) is 12.9. The topological polar surface area (TPSA) is 93.2 Å². The quantitative estimate of drug-likeness (QED) is 0.497. The number of carbonyl (C=O) groups is 1. The van der Waals surface area contributed by atoms with Gasteiger partial charge in [0.1, 0.15) is 17.8 Å². The Hall–Kier alpha value is -3.23. The second kappa shape index (κ2) is 8.25. The van der Waals surface area contributed by atoms with Crippen LogP contribution in [0.5, 0.6) is 0 Å². The van der Waals surface area contributed by atoms with Gasteiger partial charge in [-0.3, -0.25) is 9.48 Å². The maximum atomic E-state index is 10.5. The van der Waals surface area contributed by atoms with Crippen LogP contribution in [0, 0.1) is 0 Å².